The highest BCUT2D eigenvalue weighted by Gasteiger charge is 2.29. The fraction of sp³-hybridized carbons (Fsp3) is 0.400. The lowest BCUT2D eigenvalue weighted by atomic mass is 9.94. The summed E-state index contributed by atoms with van der Waals surface area (Å²) in [5, 5.41) is 1.09. The highest BCUT2D eigenvalue weighted by atomic mass is 32.2. The Hall–Kier alpha value is -1.46. The number of nitrogens with zero attached hydrogens (tertiary/aromatic N) is 1. The molecular formula is C15H18N2O2S. The first-order chi connectivity index (χ1) is 9.53. The van der Waals surface area contributed by atoms with E-state index in [1.54, 1.807) is 6.20 Å². The summed E-state index contributed by atoms with van der Waals surface area (Å²) >= 11 is 0. The SMILES string of the molecule is NC(CC1CCS(=O)(=O)C1)c1ccc2cccnc2c1. The molecule has 1 saturated heterocycles. The van der Waals surface area contributed by atoms with Gasteiger partial charge < -0.3 is 5.73 Å². The molecule has 0 saturated carbocycles. The molecule has 2 atom stereocenters. The Labute approximate surface area is 118 Å². The van der Waals surface area contributed by atoms with Gasteiger partial charge in [0.25, 0.3) is 0 Å². The number of sulfone groups is 1. The second-order valence-electron chi connectivity index (χ2n) is 5.57. The molecule has 1 aromatic carbocycles. The molecule has 3 rings (SSSR count). The van der Waals surface area contributed by atoms with Crippen LogP contribution in [0.15, 0.2) is 36.5 Å². The lowest BCUT2D eigenvalue weighted by Crippen LogP contribution is -2.16. The van der Waals surface area contributed by atoms with E-state index in [2.05, 4.69) is 4.98 Å². The minimum atomic E-state index is -2.83. The first kappa shape index (κ1) is 13.5. The second kappa shape index (κ2) is 5.14. The van der Waals surface area contributed by atoms with E-state index in [0.717, 1.165) is 29.3 Å². The van der Waals surface area contributed by atoms with E-state index < -0.39 is 9.84 Å². The van der Waals surface area contributed by atoms with Crippen LogP contribution in [-0.4, -0.2) is 24.9 Å². The maximum atomic E-state index is 11.5. The molecule has 2 aromatic rings. The van der Waals surface area contributed by atoms with Gasteiger partial charge in [-0.1, -0.05) is 18.2 Å². The van der Waals surface area contributed by atoms with E-state index in [1.807, 2.05) is 30.3 Å². The lowest BCUT2D eigenvalue weighted by molar-refractivity contribution is 0.481. The van der Waals surface area contributed by atoms with Crippen molar-refractivity contribution in [3.05, 3.63) is 42.1 Å². The average Bonchev–Trinajstić information content (AvgIpc) is 2.77. The Morgan fingerprint density at radius 3 is 2.95 bits per heavy atom. The molecule has 0 spiro atoms. The number of aromatic nitrogens is 1. The van der Waals surface area contributed by atoms with Crippen LogP contribution in [0.5, 0.6) is 0 Å². The summed E-state index contributed by atoms with van der Waals surface area (Å²) in [5.41, 5.74) is 8.19. The van der Waals surface area contributed by atoms with Crippen molar-refractivity contribution in [1.82, 2.24) is 4.98 Å². The van der Waals surface area contributed by atoms with Gasteiger partial charge >= 0.3 is 0 Å². The molecule has 2 unspecified atom stereocenters. The van der Waals surface area contributed by atoms with Crippen LogP contribution >= 0.6 is 0 Å². The normalized spacial score (nSPS) is 22.9. The number of benzene rings is 1. The van der Waals surface area contributed by atoms with Gasteiger partial charge in [-0.2, -0.15) is 0 Å². The molecule has 1 fully saturated rings. The van der Waals surface area contributed by atoms with Crippen molar-refractivity contribution in [2.24, 2.45) is 11.7 Å². The monoisotopic (exact) mass is 290 g/mol. The smallest absolute Gasteiger partial charge is 0.150 e. The molecule has 2 heterocycles. The van der Waals surface area contributed by atoms with Crippen LogP contribution in [0.4, 0.5) is 0 Å². The molecule has 0 bridgehead atoms. The van der Waals surface area contributed by atoms with E-state index in [0.29, 0.717) is 5.75 Å². The highest BCUT2D eigenvalue weighted by molar-refractivity contribution is 7.91. The van der Waals surface area contributed by atoms with Crippen LogP contribution in [0, 0.1) is 5.92 Å². The Balaban J connectivity index is 1.77. The largest absolute Gasteiger partial charge is 0.324 e. The summed E-state index contributed by atoms with van der Waals surface area (Å²) < 4.78 is 23.0. The van der Waals surface area contributed by atoms with Crippen molar-refractivity contribution in [1.29, 1.82) is 0 Å². The summed E-state index contributed by atoms with van der Waals surface area (Å²) in [6.07, 6.45) is 3.22. The molecule has 20 heavy (non-hydrogen) atoms. The van der Waals surface area contributed by atoms with Gasteiger partial charge in [0.1, 0.15) is 0 Å². The molecule has 2 N–H and O–H groups in total. The lowest BCUT2D eigenvalue weighted by Gasteiger charge is -2.16. The number of rotatable bonds is 3. The maximum Gasteiger partial charge on any atom is 0.150 e. The molecule has 1 aliphatic heterocycles. The van der Waals surface area contributed by atoms with Gasteiger partial charge in [0.15, 0.2) is 9.84 Å². The van der Waals surface area contributed by atoms with E-state index in [9.17, 15) is 8.42 Å². The summed E-state index contributed by atoms with van der Waals surface area (Å²) in [4.78, 5) is 4.33. The summed E-state index contributed by atoms with van der Waals surface area (Å²) in [7, 11) is -2.83. The molecule has 5 heteroatoms. The van der Waals surface area contributed by atoms with Crippen LogP contribution in [0.3, 0.4) is 0 Å². The van der Waals surface area contributed by atoms with Gasteiger partial charge in [-0.05, 0) is 36.5 Å². The Morgan fingerprint density at radius 2 is 2.20 bits per heavy atom. The average molecular weight is 290 g/mol. The fourth-order valence-electron chi connectivity index (χ4n) is 2.87. The van der Waals surface area contributed by atoms with Crippen LogP contribution < -0.4 is 5.73 Å². The first-order valence-corrected chi connectivity index (χ1v) is 8.66. The standard InChI is InChI=1S/C15H18N2O2S/c16-14(8-11-5-7-20(18,19)10-11)13-4-3-12-2-1-6-17-15(12)9-13/h1-4,6,9,11,14H,5,7-8,10,16H2. The van der Waals surface area contributed by atoms with Crippen LogP contribution in [0.1, 0.15) is 24.4 Å². The van der Waals surface area contributed by atoms with Crippen molar-refractivity contribution >= 4 is 20.7 Å². The third kappa shape index (κ3) is 2.83. The fourth-order valence-corrected chi connectivity index (χ4v) is 4.75. The highest BCUT2D eigenvalue weighted by Crippen LogP contribution is 2.28. The van der Waals surface area contributed by atoms with Crippen molar-refractivity contribution in [2.45, 2.75) is 18.9 Å². The maximum absolute atomic E-state index is 11.5. The predicted octanol–water partition coefficient (Wildman–Crippen LogP) is 2.06. The summed E-state index contributed by atoms with van der Waals surface area (Å²) in [5.74, 6) is 0.783. The van der Waals surface area contributed by atoms with Crippen molar-refractivity contribution in [2.75, 3.05) is 11.5 Å². The molecule has 106 valence electrons. The third-order valence-electron chi connectivity index (χ3n) is 3.97. The zero-order valence-corrected chi connectivity index (χ0v) is 12.0. The number of pyridine rings is 1. The van der Waals surface area contributed by atoms with Gasteiger partial charge in [0, 0.05) is 17.6 Å². The van der Waals surface area contributed by atoms with Gasteiger partial charge in [-0.3, -0.25) is 4.98 Å². The number of fused-ring (bicyclic) bond motifs is 1. The van der Waals surface area contributed by atoms with Crippen LogP contribution in [0.2, 0.25) is 0 Å². The van der Waals surface area contributed by atoms with E-state index in [1.165, 1.54) is 0 Å². The zero-order chi connectivity index (χ0) is 14.2. The quantitative estimate of drug-likeness (QED) is 0.939. The minimum absolute atomic E-state index is 0.125. The van der Waals surface area contributed by atoms with Gasteiger partial charge in [0.2, 0.25) is 0 Å². The second-order valence-corrected chi connectivity index (χ2v) is 7.80. The van der Waals surface area contributed by atoms with Gasteiger partial charge in [-0.25, -0.2) is 8.42 Å². The third-order valence-corrected chi connectivity index (χ3v) is 5.81. The zero-order valence-electron chi connectivity index (χ0n) is 11.2. The van der Waals surface area contributed by atoms with Gasteiger partial charge in [-0.15, -0.1) is 0 Å². The van der Waals surface area contributed by atoms with Crippen LogP contribution in [-0.2, 0) is 9.84 Å². The number of nitrogens with two attached hydrogens (primary N) is 1. The molecule has 1 aromatic heterocycles. The van der Waals surface area contributed by atoms with Crippen molar-refractivity contribution in [3.8, 4) is 0 Å². The Morgan fingerprint density at radius 1 is 1.35 bits per heavy atom. The number of hydrogen-bond donors (Lipinski definition) is 1. The molecule has 0 aliphatic carbocycles. The summed E-state index contributed by atoms with van der Waals surface area (Å²) in [6, 6.07) is 9.83. The summed E-state index contributed by atoms with van der Waals surface area (Å²) in [6.45, 7) is 0. The molecule has 1 aliphatic rings. The Bertz CT molecular complexity index is 727. The van der Waals surface area contributed by atoms with Crippen molar-refractivity contribution < 1.29 is 8.42 Å². The predicted molar refractivity (Wildman–Crippen MR) is 80.0 cm³/mol. The first-order valence-electron chi connectivity index (χ1n) is 6.84. The van der Waals surface area contributed by atoms with E-state index in [4.69, 9.17) is 5.73 Å². The van der Waals surface area contributed by atoms with E-state index >= 15 is 0 Å². The van der Waals surface area contributed by atoms with Crippen molar-refractivity contribution in [3.63, 3.8) is 0 Å². The topological polar surface area (TPSA) is 73.1 Å². The van der Waals surface area contributed by atoms with Gasteiger partial charge in [0.05, 0.1) is 17.0 Å². The van der Waals surface area contributed by atoms with E-state index in [-0.39, 0.29) is 17.7 Å². The van der Waals surface area contributed by atoms with Crippen LogP contribution in [0.25, 0.3) is 10.9 Å². The number of hydrogen-bond acceptors (Lipinski definition) is 4. The molecule has 4 nitrogen and oxygen atoms in total. The molecule has 0 radical (unpaired) electrons. The molecular weight excluding hydrogens is 272 g/mol. The minimum Gasteiger partial charge on any atom is -0.324 e. The Kier molecular flexibility index (Phi) is 3.48. The molecule has 0 amide bonds.